The van der Waals surface area contributed by atoms with Crippen molar-refractivity contribution in [2.24, 2.45) is 0 Å². The number of benzene rings is 3. The first kappa shape index (κ1) is 24.2. The summed E-state index contributed by atoms with van der Waals surface area (Å²) in [4.78, 5) is 35.5. The first-order valence-electron chi connectivity index (χ1n) is 10.9. The average molecular weight is 662 g/mol. The fourth-order valence-corrected chi connectivity index (χ4v) is 6.81. The Labute approximate surface area is 227 Å². The summed E-state index contributed by atoms with van der Waals surface area (Å²) in [6.07, 6.45) is 0. The molecule has 6 rings (SSSR count). The molecule has 0 heterocycles. The van der Waals surface area contributed by atoms with Gasteiger partial charge in [-0.1, -0.05) is 6.07 Å². The van der Waals surface area contributed by atoms with Crippen molar-refractivity contribution in [1.29, 1.82) is 0 Å². The van der Waals surface area contributed by atoms with Gasteiger partial charge in [0, 0.05) is 46.0 Å². The Bertz CT molecular complexity index is 1390. The lowest BCUT2D eigenvalue weighted by molar-refractivity contribution is -0.115. The third-order valence-electron chi connectivity index (χ3n) is 6.33. The van der Waals surface area contributed by atoms with Crippen molar-refractivity contribution in [3.8, 4) is 0 Å². The summed E-state index contributed by atoms with van der Waals surface area (Å²) in [6, 6.07) is 12.2. The van der Waals surface area contributed by atoms with Crippen LogP contribution < -0.4 is 16.0 Å². The number of nitrogens with one attached hydrogen (secondary N) is 3. The largest absolute Gasteiger partial charge is 0.325 e. The van der Waals surface area contributed by atoms with Crippen LogP contribution in [0.3, 0.4) is 0 Å². The van der Waals surface area contributed by atoms with E-state index in [2.05, 4.69) is 81.9 Å². The molecule has 3 amide bonds. The van der Waals surface area contributed by atoms with Gasteiger partial charge in [0.05, 0.1) is 17.1 Å². The van der Waals surface area contributed by atoms with Gasteiger partial charge in [0.25, 0.3) is 0 Å². The summed E-state index contributed by atoms with van der Waals surface area (Å²) < 4.78 is 2.44. The van der Waals surface area contributed by atoms with Gasteiger partial charge in [-0.2, -0.15) is 0 Å². The topological polar surface area (TPSA) is 87.3 Å². The van der Waals surface area contributed by atoms with E-state index in [0.29, 0.717) is 17.1 Å². The standard InChI is InChI=1S/C26H20Br3N3O3/c1-10(33)30-20-5-4-13-23-14-6-18(27)21(31-11(2)34)8-16(14)24(25(13)26(20)29)17-9-22(32-12(3)35)19(28)7-15(17)23/h4-9,23-24H,1-3H3,(H,30,33)(H,31,34)(H,32,35). The predicted molar refractivity (Wildman–Crippen MR) is 147 cm³/mol. The molecule has 0 fully saturated rings. The molecule has 0 radical (unpaired) electrons. The number of rotatable bonds is 3. The SMILES string of the molecule is CC(=O)Nc1cc2c(cc1Br)C1c3cc(Br)c(NC(C)=O)cc3C2c2c1ccc(NC(C)=O)c2Br. The highest BCUT2D eigenvalue weighted by Crippen LogP contribution is 2.60. The normalized spacial score (nSPS) is 16.6. The molecule has 9 heteroatoms. The summed E-state index contributed by atoms with van der Waals surface area (Å²) in [5.74, 6) is -0.699. The number of anilines is 3. The monoisotopic (exact) mass is 659 g/mol. The third-order valence-corrected chi connectivity index (χ3v) is 8.50. The van der Waals surface area contributed by atoms with E-state index in [9.17, 15) is 14.4 Å². The van der Waals surface area contributed by atoms with Gasteiger partial charge in [0.2, 0.25) is 17.7 Å². The van der Waals surface area contributed by atoms with Crippen LogP contribution in [-0.4, -0.2) is 17.7 Å². The molecule has 3 aliphatic rings. The molecule has 3 aromatic rings. The zero-order valence-electron chi connectivity index (χ0n) is 19.0. The second-order valence-electron chi connectivity index (χ2n) is 8.76. The smallest absolute Gasteiger partial charge is 0.221 e. The van der Waals surface area contributed by atoms with E-state index in [0.717, 1.165) is 46.8 Å². The van der Waals surface area contributed by atoms with Gasteiger partial charge < -0.3 is 16.0 Å². The molecular weight excluding hydrogens is 642 g/mol. The quantitative estimate of drug-likeness (QED) is 0.198. The van der Waals surface area contributed by atoms with Crippen molar-refractivity contribution in [3.63, 3.8) is 0 Å². The maximum atomic E-state index is 11.9. The zero-order valence-corrected chi connectivity index (χ0v) is 23.7. The summed E-state index contributed by atoms with van der Waals surface area (Å²) in [5, 5.41) is 8.73. The van der Waals surface area contributed by atoms with Crippen molar-refractivity contribution < 1.29 is 14.4 Å². The van der Waals surface area contributed by atoms with Crippen LogP contribution in [0.1, 0.15) is 66.0 Å². The van der Waals surface area contributed by atoms with Gasteiger partial charge in [-0.3, -0.25) is 14.4 Å². The molecule has 3 aromatic carbocycles. The molecule has 3 N–H and O–H groups in total. The van der Waals surface area contributed by atoms with Gasteiger partial charge in [-0.05, 0) is 112 Å². The van der Waals surface area contributed by atoms with Crippen LogP contribution >= 0.6 is 47.8 Å². The molecule has 0 saturated heterocycles. The van der Waals surface area contributed by atoms with Crippen LogP contribution in [0.2, 0.25) is 0 Å². The highest BCUT2D eigenvalue weighted by atomic mass is 79.9. The minimum absolute atomic E-state index is 0.0620. The molecule has 0 saturated carbocycles. The zero-order chi connectivity index (χ0) is 25.2. The fourth-order valence-electron chi connectivity index (χ4n) is 5.20. The molecule has 3 aliphatic carbocycles. The summed E-state index contributed by atoms with van der Waals surface area (Å²) in [5.41, 5.74) is 8.73. The minimum atomic E-state index is -0.177. The second-order valence-corrected chi connectivity index (χ2v) is 11.3. The van der Waals surface area contributed by atoms with Crippen molar-refractivity contribution in [2.75, 3.05) is 16.0 Å². The number of hydrogen-bond acceptors (Lipinski definition) is 3. The van der Waals surface area contributed by atoms with Gasteiger partial charge in [0.1, 0.15) is 0 Å². The third kappa shape index (κ3) is 4.03. The van der Waals surface area contributed by atoms with Crippen molar-refractivity contribution >= 4 is 82.6 Å². The second kappa shape index (κ2) is 8.87. The van der Waals surface area contributed by atoms with Crippen LogP contribution in [0.25, 0.3) is 0 Å². The van der Waals surface area contributed by atoms with Crippen molar-refractivity contribution in [3.05, 3.63) is 83.2 Å². The molecule has 178 valence electrons. The predicted octanol–water partition coefficient (Wildman–Crippen LogP) is 6.84. The lowest BCUT2D eigenvalue weighted by atomic mass is 9.61. The number of halogens is 3. The molecule has 6 nitrogen and oxygen atoms in total. The van der Waals surface area contributed by atoms with E-state index in [1.807, 2.05) is 18.2 Å². The Morgan fingerprint density at radius 3 is 1.49 bits per heavy atom. The number of hydrogen-bond donors (Lipinski definition) is 3. The molecule has 0 unspecified atom stereocenters. The Morgan fingerprint density at radius 2 is 1.03 bits per heavy atom. The minimum Gasteiger partial charge on any atom is -0.325 e. The van der Waals surface area contributed by atoms with Gasteiger partial charge >= 0.3 is 0 Å². The van der Waals surface area contributed by atoms with Crippen molar-refractivity contribution in [2.45, 2.75) is 32.6 Å². The van der Waals surface area contributed by atoms with E-state index >= 15 is 0 Å². The Hall–Kier alpha value is -2.49. The lowest BCUT2D eigenvalue weighted by Gasteiger charge is -2.43. The Kier molecular flexibility index (Phi) is 6.14. The molecule has 0 aromatic heterocycles. The molecule has 0 aliphatic heterocycles. The van der Waals surface area contributed by atoms with E-state index in [-0.39, 0.29) is 29.6 Å². The van der Waals surface area contributed by atoms with Crippen LogP contribution in [0, 0.1) is 0 Å². The molecule has 35 heavy (non-hydrogen) atoms. The number of carbonyl (C=O) groups is 3. The van der Waals surface area contributed by atoms with Crippen LogP contribution in [0.15, 0.2) is 49.8 Å². The van der Waals surface area contributed by atoms with Crippen LogP contribution in [0.4, 0.5) is 17.1 Å². The van der Waals surface area contributed by atoms with Crippen molar-refractivity contribution in [1.82, 2.24) is 0 Å². The van der Waals surface area contributed by atoms with Gasteiger partial charge in [-0.15, -0.1) is 0 Å². The van der Waals surface area contributed by atoms with Crippen LogP contribution in [0.5, 0.6) is 0 Å². The summed E-state index contributed by atoms with van der Waals surface area (Å²) >= 11 is 11.0. The van der Waals surface area contributed by atoms with Gasteiger partial charge in [-0.25, -0.2) is 0 Å². The highest BCUT2D eigenvalue weighted by Gasteiger charge is 2.44. The van der Waals surface area contributed by atoms with Crippen LogP contribution in [-0.2, 0) is 14.4 Å². The average Bonchev–Trinajstić information content (AvgIpc) is 2.75. The fraction of sp³-hybridized carbons (Fsp3) is 0.192. The Balaban J connectivity index is 1.80. The lowest BCUT2D eigenvalue weighted by Crippen LogP contribution is -2.29. The van der Waals surface area contributed by atoms with E-state index in [4.69, 9.17) is 0 Å². The maximum Gasteiger partial charge on any atom is 0.221 e. The van der Waals surface area contributed by atoms with Gasteiger partial charge in [0.15, 0.2) is 0 Å². The number of carbonyl (C=O) groups excluding carboxylic acids is 3. The molecular formula is C26H20Br3N3O3. The molecule has 2 bridgehead atoms. The summed E-state index contributed by atoms with van der Waals surface area (Å²) in [7, 11) is 0. The highest BCUT2D eigenvalue weighted by molar-refractivity contribution is 9.11. The Morgan fingerprint density at radius 1 is 0.600 bits per heavy atom. The first-order valence-corrected chi connectivity index (χ1v) is 13.3. The maximum absolute atomic E-state index is 11.9. The van der Waals surface area contributed by atoms with E-state index < -0.39 is 0 Å². The summed E-state index contributed by atoms with van der Waals surface area (Å²) in [6.45, 7) is 4.45. The number of amides is 3. The molecule has 0 atom stereocenters. The van der Waals surface area contributed by atoms with E-state index in [1.165, 1.54) is 20.8 Å². The van der Waals surface area contributed by atoms with E-state index in [1.54, 1.807) is 0 Å². The molecule has 0 spiro atoms. The first-order chi connectivity index (χ1) is 16.6.